The van der Waals surface area contributed by atoms with Gasteiger partial charge in [-0.05, 0) is 49.2 Å². The Morgan fingerprint density at radius 3 is 2.62 bits per heavy atom. The highest BCUT2D eigenvalue weighted by Gasteiger charge is 2.48. The van der Waals surface area contributed by atoms with E-state index in [0.29, 0.717) is 16.3 Å². The molecule has 8 heteroatoms. The van der Waals surface area contributed by atoms with Gasteiger partial charge in [-0.2, -0.15) is 0 Å². The normalized spacial score (nSPS) is 17.6. The predicted octanol–water partition coefficient (Wildman–Crippen LogP) is 3.92. The van der Waals surface area contributed by atoms with Crippen LogP contribution in [0.15, 0.2) is 36.5 Å². The first kappa shape index (κ1) is 20.8. The lowest BCUT2D eigenvalue weighted by Crippen LogP contribution is -2.45. The van der Waals surface area contributed by atoms with Crippen molar-refractivity contribution in [3.05, 3.63) is 58.4 Å². The molecule has 1 aliphatic rings. The molecule has 3 rings (SSSR count). The second-order valence-corrected chi connectivity index (χ2v) is 7.12. The molecule has 0 saturated carbocycles. The zero-order valence-corrected chi connectivity index (χ0v) is 17.1. The maximum Gasteiger partial charge on any atom is 0.414 e. The number of carbonyl (C=O) groups excluding carboxylic acids is 3. The van der Waals surface area contributed by atoms with E-state index in [1.54, 1.807) is 37.3 Å². The second kappa shape index (κ2) is 8.61. The number of hydrogen-bond donors (Lipinski definition) is 0. The molecular weight excluding hydrogens is 396 g/mol. The second-order valence-electron chi connectivity index (χ2n) is 6.69. The number of fused-ring (bicyclic) bond motifs is 1. The van der Waals surface area contributed by atoms with Crippen LogP contribution in [-0.2, 0) is 14.3 Å². The minimum Gasteiger partial charge on any atom is -0.469 e. The van der Waals surface area contributed by atoms with Gasteiger partial charge in [0.1, 0.15) is 11.7 Å². The Hall–Kier alpha value is -2.93. The number of amides is 1. The molecule has 7 nitrogen and oxygen atoms in total. The average Bonchev–Trinajstić information content (AvgIpc) is 3.00. The van der Waals surface area contributed by atoms with Crippen molar-refractivity contribution in [3.63, 3.8) is 0 Å². The van der Waals surface area contributed by atoms with Crippen molar-refractivity contribution in [2.45, 2.75) is 32.2 Å². The lowest BCUT2D eigenvalue weighted by molar-refractivity contribution is -0.141. The van der Waals surface area contributed by atoms with Crippen molar-refractivity contribution in [2.24, 2.45) is 0 Å². The number of rotatable bonds is 5. The van der Waals surface area contributed by atoms with Crippen LogP contribution in [0.1, 0.15) is 40.9 Å². The summed E-state index contributed by atoms with van der Waals surface area (Å²) in [6.07, 6.45) is 0.767. The van der Waals surface area contributed by atoms with Gasteiger partial charge in [0, 0.05) is 17.1 Å². The molecule has 2 aromatic rings. The van der Waals surface area contributed by atoms with E-state index < -0.39 is 24.0 Å². The van der Waals surface area contributed by atoms with Crippen LogP contribution in [0.3, 0.4) is 0 Å². The quantitative estimate of drug-likeness (QED) is 0.542. The van der Waals surface area contributed by atoms with Crippen LogP contribution in [0.2, 0.25) is 5.02 Å². The van der Waals surface area contributed by atoms with Crippen molar-refractivity contribution in [3.8, 4) is 0 Å². The van der Waals surface area contributed by atoms with E-state index in [-0.39, 0.29) is 24.5 Å². The van der Waals surface area contributed by atoms with E-state index in [1.165, 1.54) is 18.2 Å². The molecule has 0 saturated heterocycles. The first-order valence-electron chi connectivity index (χ1n) is 9.16. The first-order valence-corrected chi connectivity index (χ1v) is 9.54. The van der Waals surface area contributed by atoms with Gasteiger partial charge in [0.05, 0.1) is 25.8 Å². The molecule has 0 N–H and O–H groups in total. The van der Waals surface area contributed by atoms with Crippen molar-refractivity contribution < 1.29 is 23.9 Å². The molecular formula is C21H21ClN2O5. The summed E-state index contributed by atoms with van der Waals surface area (Å²) < 4.78 is 10.0. The summed E-state index contributed by atoms with van der Waals surface area (Å²) in [6.45, 7) is 3.66. The summed E-state index contributed by atoms with van der Waals surface area (Å²) in [6, 6.07) is 7.39. The van der Waals surface area contributed by atoms with E-state index in [1.807, 2.05) is 6.92 Å². The van der Waals surface area contributed by atoms with E-state index in [2.05, 4.69) is 4.98 Å². The van der Waals surface area contributed by atoms with Crippen LogP contribution >= 0.6 is 11.6 Å². The molecule has 1 aromatic heterocycles. The number of halogens is 1. The summed E-state index contributed by atoms with van der Waals surface area (Å²) in [5.41, 5.74) is 2.15. The number of aryl methyl sites for hydroxylation is 1. The van der Waals surface area contributed by atoms with Crippen molar-refractivity contribution in [2.75, 3.05) is 18.6 Å². The Morgan fingerprint density at radius 1 is 1.21 bits per heavy atom. The third-order valence-corrected chi connectivity index (χ3v) is 5.06. The molecule has 2 unspecified atom stereocenters. The molecule has 0 radical (unpaired) electrons. The highest BCUT2D eigenvalue weighted by Crippen LogP contribution is 2.45. The number of ether oxygens (including phenoxy) is 2. The zero-order chi connectivity index (χ0) is 21.1. The molecule has 1 aromatic carbocycles. The average molecular weight is 417 g/mol. The Bertz CT molecular complexity index is 962. The third kappa shape index (κ3) is 4.10. The lowest BCUT2D eigenvalue weighted by Gasteiger charge is -2.26. The first-order chi connectivity index (χ1) is 13.9. The monoisotopic (exact) mass is 416 g/mol. The number of nitrogens with zero attached hydrogens (tertiary/aromatic N) is 2. The van der Waals surface area contributed by atoms with Gasteiger partial charge in [0.15, 0.2) is 0 Å². The van der Waals surface area contributed by atoms with Crippen LogP contribution in [0.4, 0.5) is 10.5 Å². The summed E-state index contributed by atoms with van der Waals surface area (Å²) in [4.78, 5) is 43.8. The fourth-order valence-corrected chi connectivity index (χ4v) is 3.72. The smallest absolute Gasteiger partial charge is 0.414 e. The third-order valence-electron chi connectivity index (χ3n) is 4.83. The highest BCUT2D eigenvalue weighted by molar-refractivity contribution is 6.31. The number of methoxy groups -OCH3 is 1. The minimum absolute atomic E-state index is 0.0801. The summed E-state index contributed by atoms with van der Waals surface area (Å²) in [7, 11) is 1.28. The predicted molar refractivity (Wildman–Crippen MR) is 107 cm³/mol. The number of pyridine rings is 1. The fraction of sp³-hybridized carbons (Fsp3) is 0.333. The SMILES string of the molecule is CCOC(=O)N1c2cc(Cl)ccc2C(CC(=O)OC)C1C(=O)c1cc(C)ccn1. The topological polar surface area (TPSA) is 85.8 Å². The van der Waals surface area contributed by atoms with Crippen molar-refractivity contribution >= 4 is 35.1 Å². The van der Waals surface area contributed by atoms with Gasteiger partial charge >= 0.3 is 12.1 Å². The highest BCUT2D eigenvalue weighted by atomic mass is 35.5. The Morgan fingerprint density at radius 2 is 1.97 bits per heavy atom. The van der Waals surface area contributed by atoms with Crippen molar-refractivity contribution in [1.29, 1.82) is 0 Å². The van der Waals surface area contributed by atoms with E-state index in [9.17, 15) is 14.4 Å². The number of hydrogen-bond acceptors (Lipinski definition) is 6. The van der Waals surface area contributed by atoms with Gasteiger partial charge < -0.3 is 9.47 Å². The maximum atomic E-state index is 13.5. The molecule has 2 heterocycles. The molecule has 1 aliphatic heterocycles. The number of Topliss-reactive ketones (excluding diaryl/α,β-unsaturated/α-hetero) is 1. The Balaban J connectivity index is 2.14. The molecule has 0 fully saturated rings. The lowest BCUT2D eigenvalue weighted by atomic mass is 9.88. The number of benzene rings is 1. The molecule has 0 spiro atoms. The van der Waals surface area contributed by atoms with E-state index >= 15 is 0 Å². The molecule has 0 aliphatic carbocycles. The van der Waals surface area contributed by atoms with Crippen LogP contribution in [0.5, 0.6) is 0 Å². The van der Waals surface area contributed by atoms with Crippen LogP contribution in [-0.4, -0.2) is 42.6 Å². The van der Waals surface area contributed by atoms with Gasteiger partial charge in [-0.1, -0.05) is 17.7 Å². The van der Waals surface area contributed by atoms with Gasteiger partial charge in [-0.15, -0.1) is 0 Å². The number of anilines is 1. The van der Waals surface area contributed by atoms with Crippen LogP contribution in [0.25, 0.3) is 0 Å². The molecule has 1 amide bonds. The van der Waals surface area contributed by atoms with Gasteiger partial charge in [0.25, 0.3) is 0 Å². The summed E-state index contributed by atoms with van der Waals surface area (Å²) in [5.74, 6) is -1.49. The number of ketones is 1. The van der Waals surface area contributed by atoms with Gasteiger partial charge in [-0.3, -0.25) is 19.5 Å². The van der Waals surface area contributed by atoms with E-state index in [4.69, 9.17) is 21.1 Å². The number of esters is 1. The summed E-state index contributed by atoms with van der Waals surface area (Å²) >= 11 is 6.15. The minimum atomic E-state index is -1.00. The molecule has 2 atom stereocenters. The Kier molecular flexibility index (Phi) is 6.17. The van der Waals surface area contributed by atoms with Crippen LogP contribution < -0.4 is 4.90 Å². The molecule has 29 heavy (non-hydrogen) atoms. The van der Waals surface area contributed by atoms with Gasteiger partial charge in [0.2, 0.25) is 5.78 Å². The largest absolute Gasteiger partial charge is 0.469 e. The standard InChI is InChI=1S/C21H21ClN2O5/c1-4-29-21(27)24-17-10-13(22)5-6-14(17)15(11-18(25)28-3)19(24)20(26)16-9-12(2)7-8-23-16/h5-10,15,19H,4,11H2,1-3H3. The zero-order valence-electron chi connectivity index (χ0n) is 16.3. The maximum absolute atomic E-state index is 13.5. The molecule has 0 bridgehead atoms. The van der Waals surface area contributed by atoms with Crippen molar-refractivity contribution in [1.82, 2.24) is 4.98 Å². The van der Waals surface area contributed by atoms with Crippen LogP contribution in [0, 0.1) is 6.92 Å². The fourth-order valence-electron chi connectivity index (χ4n) is 3.55. The number of aromatic nitrogens is 1. The van der Waals surface area contributed by atoms with E-state index in [0.717, 1.165) is 5.56 Å². The summed E-state index contributed by atoms with van der Waals surface area (Å²) in [5, 5.41) is 0.400. The number of carbonyl (C=O) groups is 3. The van der Waals surface area contributed by atoms with Gasteiger partial charge in [-0.25, -0.2) is 4.79 Å². The molecule has 152 valence electrons. The Labute approximate surface area is 173 Å².